The molecule has 1 aliphatic carbocycles. The average Bonchev–Trinajstić information content (AvgIpc) is 3.12. The van der Waals surface area contributed by atoms with Crippen LogP contribution in [0, 0.1) is 11.3 Å². The molecule has 3 aromatic rings. The maximum Gasteiger partial charge on any atom is 0.160 e. The Morgan fingerprint density at radius 3 is 3.15 bits per heavy atom. The molecule has 0 amide bonds. The van der Waals surface area contributed by atoms with Gasteiger partial charge in [-0.2, -0.15) is 5.26 Å². The van der Waals surface area contributed by atoms with E-state index in [1.165, 1.54) is 23.3 Å². The van der Waals surface area contributed by atoms with Gasteiger partial charge >= 0.3 is 0 Å². The molecule has 0 aromatic carbocycles. The van der Waals surface area contributed by atoms with Crippen LogP contribution >= 0.6 is 11.3 Å². The fourth-order valence-corrected chi connectivity index (χ4v) is 3.95. The summed E-state index contributed by atoms with van der Waals surface area (Å²) in [4.78, 5) is 1.47. The van der Waals surface area contributed by atoms with Crippen LogP contribution in [0.25, 0.3) is 5.65 Å². The van der Waals surface area contributed by atoms with Gasteiger partial charge in [-0.05, 0) is 48.4 Å². The van der Waals surface area contributed by atoms with E-state index < -0.39 is 0 Å². The van der Waals surface area contributed by atoms with Crippen LogP contribution in [0.5, 0.6) is 0 Å². The molecule has 3 heterocycles. The molecule has 0 radical (unpaired) electrons. The smallest absolute Gasteiger partial charge is 0.160 e. The normalized spacial score (nSPS) is 17.9. The molecular formula is C15H12N4S. The van der Waals surface area contributed by atoms with Gasteiger partial charge in [0.1, 0.15) is 11.9 Å². The third-order valence-electron chi connectivity index (χ3n) is 3.92. The molecule has 0 aliphatic heterocycles. The molecule has 0 spiro atoms. The predicted molar refractivity (Wildman–Crippen MR) is 76.8 cm³/mol. The number of fused-ring (bicyclic) bond motifs is 2. The maximum atomic E-state index is 9.06. The number of nitriles is 1. The van der Waals surface area contributed by atoms with Crippen molar-refractivity contribution in [2.24, 2.45) is 0 Å². The summed E-state index contributed by atoms with van der Waals surface area (Å²) in [7, 11) is 0. The first-order valence-corrected chi connectivity index (χ1v) is 7.56. The largest absolute Gasteiger partial charge is 0.285 e. The number of aromatic nitrogens is 3. The van der Waals surface area contributed by atoms with E-state index in [0.717, 1.165) is 17.9 Å². The molecule has 5 heteroatoms. The lowest BCUT2D eigenvalue weighted by atomic mass is 9.87. The van der Waals surface area contributed by atoms with E-state index in [1.807, 2.05) is 28.0 Å². The van der Waals surface area contributed by atoms with Gasteiger partial charge in [0.2, 0.25) is 0 Å². The van der Waals surface area contributed by atoms with Crippen LogP contribution in [0.1, 0.15) is 40.6 Å². The van der Waals surface area contributed by atoms with E-state index >= 15 is 0 Å². The Morgan fingerprint density at radius 2 is 2.25 bits per heavy atom. The number of hydrogen-bond donors (Lipinski definition) is 0. The molecule has 98 valence electrons. The first-order valence-electron chi connectivity index (χ1n) is 6.68. The third kappa shape index (κ3) is 1.65. The molecule has 1 atom stereocenters. The first kappa shape index (κ1) is 11.6. The van der Waals surface area contributed by atoms with Crippen LogP contribution in [0.3, 0.4) is 0 Å². The van der Waals surface area contributed by atoms with Crippen LogP contribution in [-0.2, 0) is 6.42 Å². The van der Waals surface area contributed by atoms with E-state index in [9.17, 15) is 0 Å². The molecule has 0 fully saturated rings. The molecular weight excluding hydrogens is 268 g/mol. The maximum absolute atomic E-state index is 9.06. The zero-order chi connectivity index (χ0) is 13.5. The second kappa shape index (κ2) is 4.43. The summed E-state index contributed by atoms with van der Waals surface area (Å²) < 4.78 is 1.97. The van der Waals surface area contributed by atoms with Gasteiger partial charge in [-0.1, -0.05) is 0 Å². The van der Waals surface area contributed by atoms with Crippen molar-refractivity contribution in [3.8, 4) is 6.07 Å². The Hall–Kier alpha value is -2.19. The molecule has 20 heavy (non-hydrogen) atoms. The highest BCUT2D eigenvalue weighted by Crippen LogP contribution is 2.38. The Morgan fingerprint density at radius 1 is 1.30 bits per heavy atom. The van der Waals surface area contributed by atoms with Crippen LogP contribution < -0.4 is 0 Å². The Balaban J connectivity index is 1.90. The van der Waals surface area contributed by atoms with Crippen LogP contribution in [0.4, 0.5) is 0 Å². The van der Waals surface area contributed by atoms with E-state index in [0.29, 0.717) is 11.5 Å². The van der Waals surface area contributed by atoms with Crippen LogP contribution in [-0.4, -0.2) is 14.6 Å². The van der Waals surface area contributed by atoms with Crippen LogP contribution in [0.15, 0.2) is 29.8 Å². The van der Waals surface area contributed by atoms with E-state index in [1.54, 1.807) is 6.07 Å². The fraction of sp³-hybridized carbons (Fsp3) is 0.267. The number of nitrogens with zero attached hydrogens (tertiary/aromatic N) is 4. The van der Waals surface area contributed by atoms with E-state index in [4.69, 9.17) is 5.26 Å². The topological polar surface area (TPSA) is 54.0 Å². The van der Waals surface area contributed by atoms with Crippen molar-refractivity contribution >= 4 is 17.0 Å². The molecule has 3 aromatic heterocycles. The van der Waals surface area contributed by atoms with Crippen molar-refractivity contribution in [3.05, 3.63) is 51.6 Å². The molecule has 4 nitrogen and oxygen atoms in total. The zero-order valence-corrected chi connectivity index (χ0v) is 11.6. The molecule has 1 aliphatic rings. The third-order valence-corrected chi connectivity index (χ3v) is 4.92. The molecule has 4 rings (SSSR count). The lowest BCUT2D eigenvalue weighted by Crippen LogP contribution is -2.12. The summed E-state index contributed by atoms with van der Waals surface area (Å²) in [6.07, 6.45) is 5.29. The average molecular weight is 280 g/mol. The number of aryl methyl sites for hydroxylation is 1. The van der Waals surface area contributed by atoms with Gasteiger partial charge in [-0.25, -0.2) is 0 Å². The summed E-state index contributed by atoms with van der Waals surface area (Å²) in [6, 6.07) is 8.02. The summed E-state index contributed by atoms with van der Waals surface area (Å²) in [5.74, 6) is 1.25. The van der Waals surface area contributed by atoms with Gasteiger partial charge in [0.25, 0.3) is 0 Å². The minimum Gasteiger partial charge on any atom is -0.285 e. The van der Waals surface area contributed by atoms with Crippen LogP contribution in [0.2, 0.25) is 0 Å². The van der Waals surface area contributed by atoms with Crippen molar-refractivity contribution in [3.63, 3.8) is 0 Å². The minimum absolute atomic E-state index is 0.300. The molecule has 0 saturated carbocycles. The fourth-order valence-electron chi connectivity index (χ4n) is 2.97. The van der Waals surface area contributed by atoms with Crippen molar-refractivity contribution in [2.45, 2.75) is 25.2 Å². The van der Waals surface area contributed by atoms with Gasteiger partial charge < -0.3 is 0 Å². The van der Waals surface area contributed by atoms with Gasteiger partial charge in [0, 0.05) is 17.0 Å². The highest BCUT2D eigenvalue weighted by Gasteiger charge is 2.26. The summed E-state index contributed by atoms with van der Waals surface area (Å²) >= 11 is 1.83. The van der Waals surface area contributed by atoms with Gasteiger partial charge in [0.15, 0.2) is 5.65 Å². The van der Waals surface area contributed by atoms with E-state index in [-0.39, 0.29) is 0 Å². The number of thiophene rings is 1. The van der Waals surface area contributed by atoms with Crippen molar-refractivity contribution in [2.75, 3.05) is 0 Å². The zero-order valence-electron chi connectivity index (χ0n) is 10.8. The second-order valence-electron chi connectivity index (χ2n) is 5.06. The summed E-state index contributed by atoms with van der Waals surface area (Å²) in [5, 5.41) is 19.8. The number of rotatable bonds is 1. The first-order chi connectivity index (χ1) is 9.86. The van der Waals surface area contributed by atoms with Gasteiger partial charge in [-0.15, -0.1) is 21.5 Å². The van der Waals surface area contributed by atoms with E-state index in [2.05, 4.69) is 27.7 Å². The number of pyridine rings is 1. The number of hydrogen-bond acceptors (Lipinski definition) is 4. The Bertz CT molecular complexity index is 824. The highest BCUT2D eigenvalue weighted by atomic mass is 32.1. The quantitative estimate of drug-likeness (QED) is 0.688. The molecule has 0 N–H and O–H groups in total. The second-order valence-corrected chi connectivity index (χ2v) is 6.06. The van der Waals surface area contributed by atoms with Crippen molar-refractivity contribution in [1.82, 2.24) is 14.6 Å². The summed E-state index contributed by atoms with van der Waals surface area (Å²) in [6.45, 7) is 0. The monoisotopic (exact) mass is 280 g/mol. The van der Waals surface area contributed by atoms with Crippen molar-refractivity contribution < 1.29 is 0 Å². The highest BCUT2D eigenvalue weighted by molar-refractivity contribution is 7.10. The Labute approximate surface area is 120 Å². The predicted octanol–water partition coefficient (Wildman–Crippen LogP) is 3.13. The molecule has 0 saturated heterocycles. The lowest BCUT2D eigenvalue weighted by Gasteiger charge is -2.21. The standard InChI is InChI=1S/C15H12N4S/c16-8-10-4-5-14-17-18-15(19(14)9-10)12-2-1-3-13-11(12)6-7-20-13/h4-7,9,12H,1-3H2. The van der Waals surface area contributed by atoms with Gasteiger partial charge in [0.05, 0.1) is 5.56 Å². The van der Waals surface area contributed by atoms with Crippen molar-refractivity contribution in [1.29, 1.82) is 5.26 Å². The minimum atomic E-state index is 0.300. The Kier molecular flexibility index (Phi) is 2.57. The molecule has 0 bridgehead atoms. The molecule has 1 unspecified atom stereocenters. The summed E-state index contributed by atoms with van der Waals surface area (Å²) in [5.41, 5.74) is 2.83. The lowest BCUT2D eigenvalue weighted by molar-refractivity contribution is 0.593. The van der Waals surface area contributed by atoms with Gasteiger partial charge in [-0.3, -0.25) is 4.40 Å². The SMILES string of the molecule is N#Cc1ccc2nnc(C3CCCc4sccc43)n2c1.